The van der Waals surface area contributed by atoms with Crippen molar-refractivity contribution in [2.75, 3.05) is 17.2 Å². The van der Waals surface area contributed by atoms with Crippen LogP contribution in [0.5, 0.6) is 0 Å². The monoisotopic (exact) mass is 286 g/mol. The Labute approximate surface area is 102 Å². The van der Waals surface area contributed by atoms with Crippen molar-refractivity contribution in [2.45, 2.75) is 13.8 Å². The number of carbonyl (C=O) groups excluding carboxylic acids is 1. The molecular weight excluding hydrogens is 275 g/mol. The SMILES string of the molecule is CC1(C)CNc2cc(Br)c(F)cc2NC1=O. The zero-order valence-electron chi connectivity index (χ0n) is 9.03. The summed E-state index contributed by atoms with van der Waals surface area (Å²) in [6, 6.07) is 2.94. The smallest absolute Gasteiger partial charge is 0.231 e. The summed E-state index contributed by atoms with van der Waals surface area (Å²) in [6.07, 6.45) is 0. The lowest BCUT2D eigenvalue weighted by atomic mass is 9.93. The maximum absolute atomic E-state index is 13.3. The number of benzene rings is 1. The molecule has 0 atom stereocenters. The highest BCUT2D eigenvalue weighted by Crippen LogP contribution is 2.33. The summed E-state index contributed by atoms with van der Waals surface area (Å²) < 4.78 is 13.7. The van der Waals surface area contributed by atoms with E-state index in [-0.39, 0.29) is 11.7 Å². The first-order chi connectivity index (χ1) is 7.40. The van der Waals surface area contributed by atoms with Crippen LogP contribution in [0.25, 0.3) is 0 Å². The van der Waals surface area contributed by atoms with Crippen molar-refractivity contribution < 1.29 is 9.18 Å². The highest BCUT2D eigenvalue weighted by molar-refractivity contribution is 9.10. The molecule has 16 heavy (non-hydrogen) atoms. The normalized spacial score (nSPS) is 18.1. The minimum Gasteiger partial charge on any atom is -0.382 e. The van der Waals surface area contributed by atoms with E-state index in [0.717, 1.165) is 5.69 Å². The summed E-state index contributed by atoms with van der Waals surface area (Å²) in [5.41, 5.74) is 0.700. The second-order valence-electron chi connectivity index (χ2n) is 4.50. The zero-order chi connectivity index (χ0) is 11.9. The van der Waals surface area contributed by atoms with Crippen LogP contribution in [0.1, 0.15) is 13.8 Å². The Morgan fingerprint density at radius 3 is 2.75 bits per heavy atom. The number of halogens is 2. The number of rotatable bonds is 0. The number of anilines is 2. The van der Waals surface area contributed by atoms with Gasteiger partial charge in [0.1, 0.15) is 5.82 Å². The number of nitrogens with one attached hydrogen (secondary N) is 2. The summed E-state index contributed by atoms with van der Waals surface area (Å²) in [6.45, 7) is 4.20. The van der Waals surface area contributed by atoms with E-state index >= 15 is 0 Å². The minimum atomic E-state index is -0.512. The van der Waals surface area contributed by atoms with Crippen molar-refractivity contribution in [1.82, 2.24) is 0 Å². The van der Waals surface area contributed by atoms with E-state index < -0.39 is 5.41 Å². The molecule has 2 rings (SSSR count). The maximum atomic E-state index is 13.3. The fourth-order valence-electron chi connectivity index (χ4n) is 1.48. The quantitative estimate of drug-likeness (QED) is 0.770. The molecule has 0 saturated carbocycles. The molecule has 1 aliphatic heterocycles. The van der Waals surface area contributed by atoms with Crippen molar-refractivity contribution >= 4 is 33.2 Å². The second kappa shape index (κ2) is 3.73. The third-order valence-corrected chi connectivity index (χ3v) is 3.25. The topological polar surface area (TPSA) is 41.1 Å². The van der Waals surface area contributed by atoms with Crippen LogP contribution in [0.15, 0.2) is 16.6 Å². The molecule has 0 radical (unpaired) electrons. The van der Waals surface area contributed by atoms with Crippen LogP contribution >= 0.6 is 15.9 Å². The van der Waals surface area contributed by atoms with Gasteiger partial charge in [-0.1, -0.05) is 0 Å². The summed E-state index contributed by atoms with van der Waals surface area (Å²) in [5, 5.41) is 5.85. The van der Waals surface area contributed by atoms with Crippen LogP contribution in [0, 0.1) is 11.2 Å². The van der Waals surface area contributed by atoms with Crippen LogP contribution in [-0.2, 0) is 4.79 Å². The van der Waals surface area contributed by atoms with E-state index in [1.165, 1.54) is 6.07 Å². The summed E-state index contributed by atoms with van der Waals surface area (Å²) >= 11 is 3.12. The van der Waals surface area contributed by atoms with Crippen LogP contribution in [0.2, 0.25) is 0 Å². The molecule has 1 aromatic carbocycles. The van der Waals surface area contributed by atoms with Gasteiger partial charge in [-0.25, -0.2) is 4.39 Å². The van der Waals surface area contributed by atoms with Crippen LogP contribution in [0.4, 0.5) is 15.8 Å². The van der Waals surface area contributed by atoms with Gasteiger partial charge in [0, 0.05) is 12.6 Å². The summed E-state index contributed by atoms with van der Waals surface area (Å²) in [7, 11) is 0. The number of carbonyl (C=O) groups is 1. The molecule has 1 heterocycles. The van der Waals surface area contributed by atoms with Gasteiger partial charge in [0.15, 0.2) is 0 Å². The Bertz CT molecular complexity index is 460. The Balaban J connectivity index is 2.45. The molecule has 1 aliphatic rings. The number of fused-ring (bicyclic) bond motifs is 1. The van der Waals surface area contributed by atoms with Crippen molar-refractivity contribution in [2.24, 2.45) is 5.41 Å². The van der Waals surface area contributed by atoms with Crippen molar-refractivity contribution in [3.8, 4) is 0 Å². The van der Waals surface area contributed by atoms with E-state index in [1.807, 2.05) is 13.8 Å². The minimum absolute atomic E-state index is 0.111. The first-order valence-corrected chi connectivity index (χ1v) is 5.74. The molecule has 1 amide bonds. The highest BCUT2D eigenvalue weighted by atomic mass is 79.9. The molecule has 3 nitrogen and oxygen atoms in total. The third-order valence-electron chi connectivity index (χ3n) is 2.64. The molecule has 0 spiro atoms. The third kappa shape index (κ3) is 1.91. The van der Waals surface area contributed by atoms with Crippen molar-refractivity contribution in [3.63, 3.8) is 0 Å². The van der Waals surface area contributed by atoms with Gasteiger partial charge in [0.2, 0.25) is 5.91 Å². The lowest BCUT2D eigenvalue weighted by molar-refractivity contribution is -0.123. The van der Waals surface area contributed by atoms with E-state index in [1.54, 1.807) is 6.07 Å². The van der Waals surface area contributed by atoms with E-state index in [0.29, 0.717) is 16.7 Å². The molecule has 0 fully saturated rings. The second-order valence-corrected chi connectivity index (χ2v) is 5.36. The van der Waals surface area contributed by atoms with Crippen LogP contribution in [-0.4, -0.2) is 12.5 Å². The average molecular weight is 287 g/mol. The molecule has 86 valence electrons. The molecule has 0 bridgehead atoms. The Kier molecular flexibility index (Phi) is 2.66. The molecule has 0 aliphatic carbocycles. The predicted octanol–water partition coefficient (Wildman–Crippen LogP) is 2.98. The standard InChI is InChI=1S/C11H12BrFN2O/c1-11(2)5-14-8-3-6(12)7(13)4-9(8)15-10(11)16/h3-4,14H,5H2,1-2H3,(H,15,16). The van der Waals surface area contributed by atoms with E-state index in [2.05, 4.69) is 26.6 Å². The van der Waals surface area contributed by atoms with E-state index in [9.17, 15) is 9.18 Å². The Morgan fingerprint density at radius 1 is 1.38 bits per heavy atom. The van der Waals surface area contributed by atoms with Crippen molar-refractivity contribution in [3.05, 3.63) is 22.4 Å². The molecule has 1 aromatic rings. The lowest BCUT2D eigenvalue weighted by Crippen LogP contribution is -2.34. The number of hydrogen-bond donors (Lipinski definition) is 2. The molecule has 0 aromatic heterocycles. The number of amides is 1. The summed E-state index contributed by atoms with van der Waals surface area (Å²) in [4.78, 5) is 11.8. The van der Waals surface area contributed by atoms with Gasteiger partial charge >= 0.3 is 0 Å². The van der Waals surface area contributed by atoms with Gasteiger partial charge in [0.25, 0.3) is 0 Å². The van der Waals surface area contributed by atoms with Gasteiger partial charge < -0.3 is 10.6 Å². The van der Waals surface area contributed by atoms with Gasteiger partial charge in [0.05, 0.1) is 21.3 Å². The fourth-order valence-corrected chi connectivity index (χ4v) is 1.83. The number of hydrogen-bond acceptors (Lipinski definition) is 2. The Morgan fingerprint density at radius 2 is 2.06 bits per heavy atom. The van der Waals surface area contributed by atoms with Gasteiger partial charge in [-0.05, 0) is 35.8 Å². The van der Waals surface area contributed by atoms with Gasteiger partial charge in [-0.3, -0.25) is 4.79 Å². The lowest BCUT2D eigenvalue weighted by Gasteiger charge is -2.19. The van der Waals surface area contributed by atoms with Crippen molar-refractivity contribution in [1.29, 1.82) is 0 Å². The molecule has 0 unspecified atom stereocenters. The largest absolute Gasteiger partial charge is 0.382 e. The first-order valence-electron chi connectivity index (χ1n) is 4.94. The van der Waals surface area contributed by atoms with Crippen LogP contribution in [0.3, 0.4) is 0 Å². The van der Waals surface area contributed by atoms with Gasteiger partial charge in [-0.2, -0.15) is 0 Å². The zero-order valence-corrected chi connectivity index (χ0v) is 10.6. The molecular formula is C11H12BrFN2O. The Hall–Kier alpha value is -1.10. The molecule has 2 N–H and O–H groups in total. The molecule has 0 saturated heterocycles. The van der Waals surface area contributed by atoms with E-state index in [4.69, 9.17) is 0 Å². The fraction of sp³-hybridized carbons (Fsp3) is 0.364. The highest BCUT2D eigenvalue weighted by Gasteiger charge is 2.31. The van der Waals surface area contributed by atoms with Crippen LogP contribution < -0.4 is 10.6 Å². The first kappa shape index (κ1) is 11.4. The average Bonchev–Trinajstić information content (AvgIpc) is 2.29. The molecule has 5 heteroatoms. The summed E-state index contributed by atoms with van der Waals surface area (Å²) in [5.74, 6) is -0.499. The van der Waals surface area contributed by atoms with Gasteiger partial charge in [-0.15, -0.1) is 0 Å². The maximum Gasteiger partial charge on any atom is 0.231 e. The predicted molar refractivity (Wildman–Crippen MR) is 65.0 cm³/mol.